The van der Waals surface area contributed by atoms with Gasteiger partial charge < -0.3 is 16.4 Å². The normalized spacial score (nSPS) is 23.0. The molecule has 1 aromatic carbocycles. The van der Waals surface area contributed by atoms with Gasteiger partial charge in [0.2, 0.25) is 5.91 Å². The van der Waals surface area contributed by atoms with Crippen LogP contribution in [-0.2, 0) is 4.79 Å². The molecule has 0 saturated heterocycles. The van der Waals surface area contributed by atoms with Crippen LogP contribution < -0.4 is 16.4 Å². The number of carbonyl (C=O) groups is 2. The molecule has 2 aliphatic rings. The average molecular weight is 338 g/mol. The smallest absolute Gasteiger partial charge is 0.251 e. The molecule has 2 atom stereocenters. The maximum absolute atomic E-state index is 12.3. The number of benzene rings is 1. The Hall–Kier alpha value is -1.59. The van der Waals surface area contributed by atoms with Gasteiger partial charge in [-0.25, -0.2) is 0 Å². The van der Waals surface area contributed by atoms with Gasteiger partial charge in [0.15, 0.2) is 0 Å². The number of amides is 2. The van der Waals surface area contributed by atoms with E-state index in [-0.39, 0.29) is 36.2 Å². The third-order valence-corrected chi connectivity index (χ3v) is 4.51. The van der Waals surface area contributed by atoms with Crippen LogP contribution in [0.2, 0.25) is 0 Å². The van der Waals surface area contributed by atoms with Gasteiger partial charge in [0.1, 0.15) is 0 Å². The van der Waals surface area contributed by atoms with Crippen LogP contribution in [0.15, 0.2) is 18.2 Å². The third kappa shape index (κ3) is 4.45. The Morgan fingerprint density at radius 2 is 1.91 bits per heavy atom. The molecule has 0 aliphatic heterocycles. The fraction of sp³-hybridized carbons (Fsp3) is 0.529. The summed E-state index contributed by atoms with van der Waals surface area (Å²) >= 11 is 0. The Balaban J connectivity index is 0.00000192. The van der Waals surface area contributed by atoms with Crippen molar-refractivity contribution in [2.45, 2.75) is 51.1 Å². The molecule has 2 saturated carbocycles. The number of anilines is 1. The predicted molar refractivity (Wildman–Crippen MR) is 92.9 cm³/mol. The maximum Gasteiger partial charge on any atom is 0.251 e. The molecule has 0 heterocycles. The molecule has 6 heteroatoms. The summed E-state index contributed by atoms with van der Waals surface area (Å²) in [6.45, 7) is 1.93. The summed E-state index contributed by atoms with van der Waals surface area (Å²) in [7, 11) is 0. The first kappa shape index (κ1) is 17.8. The van der Waals surface area contributed by atoms with Gasteiger partial charge in [0.05, 0.1) is 0 Å². The molecule has 2 unspecified atom stereocenters. The van der Waals surface area contributed by atoms with Crippen molar-refractivity contribution in [3.8, 4) is 0 Å². The quantitative estimate of drug-likeness (QED) is 0.788. The van der Waals surface area contributed by atoms with Gasteiger partial charge in [-0.1, -0.05) is 6.07 Å². The van der Waals surface area contributed by atoms with Gasteiger partial charge in [-0.15, -0.1) is 12.4 Å². The van der Waals surface area contributed by atoms with Crippen LogP contribution in [0.3, 0.4) is 0 Å². The number of carbonyl (C=O) groups excluding carboxylic acids is 2. The van der Waals surface area contributed by atoms with Crippen LogP contribution in [0.1, 0.15) is 48.0 Å². The van der Waals surface area contributed by atoms with E-state index in [0.717, 1.165) is 37.7 Å². The van der Waals surface area contributed by atoms with Crippen LogP contribution in [0, 0.1) is 12.8 Å². The van der Waals surface area contributed by atoms with E-state index in [1.165, 1.54) is 0 Å². The molecule has 2 fully saturated rings. The molecule has 5 nitrogen and oxygen atoms in total. The lowest BCUT2D eigenvalue weighted by Crippen LogP contribution is -2.26. The summed E-state index contributed by atoms with van der Waals surface area (Å²) < 4.78 is 0. The largest absolute Gasteiger partial charge is 0.349 e. The zero-order valence-corrected chi connectivity index (χ0v) is 14.1. The minimum atomic E-state index is -0.0686. The van der Waals surface area contributed by atoms with E-state index < -0.39 is 0 Å². The zero-order valence-electron chi connectivity index (χ0n) is 13.3. The molecule has 2 amide bonds. The Morgan fingerprint density at radius 1 is 1.17 bits per heavy atom. The number of aryl methyl sites for hydroxylation is 1. The van der Waals surface area contributed by atoms with E-state index in [1.807, 2.05) is 13.0 Å². The summed E-state index contributed by atoms with van der Waals surface area (Å²) in [5.41, 5.74) is 8.14. The lowest BCUT2D eigenvalue weighted by atomic mass is 10.1. The predicted octanol–water partition coefficient (Wildman–Crippen LogP) is 2.37. The van der Waals surface area contributed by atoms with E-state index >= 15 is 0 Å². The second-order valence-corrected chi connectivity index (χ2v) is 6.54. The van der Waals surface area contributed by atoms with Gasteiger partial charge in [0, 0.05) is 29.3 Å². The summed E-state index contributed by atoms with van der Waals surface area (Å²) in [5, 5.41) is 5.93. The number of hydrogen-bond acceptors (Lipinski definition) is 3. The SMILES string of the molecule is Cc1ccc(C(=O)NC2CC2)cc1NC(=O)C1CCC(N)C1.Cl. The van der Waals surface area contributed by atoms with Crippen molar-refractivity contribution in [3.05, 3.63) is 29.3 Å². The minimum Gasteiger partial charge on any atom is -0.349 e. The lowest BCUT2D eigenvalue weighted by molar-refractivity contribution is -0.119. The zero-order chi connectivity index (χ0) is 15.7. The van der Waals surface area contributed by atoms with Crippen molar-refractivity contribution in [1.29, 1.82) is 0 Å². The molecule has 4 N–H and O–H groups in total. The van der Waals surface area contributed by atoms with Crippen LogP contribution >= 0.6 is 12.4 Å². The standard InChI is InChI=1S/C17H23N3O2.ClH/c1-10-2-3-12(16(21)19-14-6-7-14)9-15(10)20-17(22)11-4-5-13(18)8-11;/h2-3,9,11,13-14H,4-8,18H2,1H3,(H,19,21)(H,20,22);1H. The molecule has 23 heavy (non-hydrogen) atoms. The Bertz CT molecular complexity index is 602. The van der Waals surface area contributed by atoms with Crippen molar-refractivity contribution in [2.24, 2.45) is 11.7 Å². The van der Waals surface area contributed by atoms with Gasteiger partial charge in [-0.2, -0.15) is 0 Å². The van der Waals surface area contributed by atoms with E-state index in [9.17, 15) is 9.59 Å². The monoisotopic (exact) mass is 337 g/mol. The first-order valence-electron chi connectivity index (χ1n) is 8.01. The van der Waals surface area contributed by atoms with Crippen molar-refractivity contribution in [3.63, 3.8) is 0 Å². The van der Waals surface area contributed by atoms with E-state index in [4.69, 9.17) is 5.73 Å². The summed E-state index contributed by atoms with van der Waals surface area (Å²) in [5.74, 6) is -0.0740. The molecule has 0 radical (unpaired) electrons. The highest BCUT2D eigenvalue weighted by atomic mass is 35.5. The second-order valence-electron chi connectivity index (χ2n) is 6.54. The highest BCUT2D eigenvalue weighted by Gasteiger charge is 2.28. The third-order valence-electron chi connectivity index (χ3n) is 4.51. The number of nitrogens with one attached hydrogen (secondary N) is 2. The molecule has 0 bridgehead atoms. The van der Waals surface area contributed by atoms with E-state index in [2.05, 4.69) is 10.6 Å². The molecular weight excluding hydrogens is 314 g/mol. The Labute approximate surface area is 142 Å². The van der Waals surface area contributed by atoms with E-state index in [1.54, 1.807) is 12.1 Å². The summed E-state index contributed by atoms with van der Waals surface area (Å²) in [6, 6.07) is 5.89. The molecular formula is C17H24ClN3O2. The van der Waals surface area contributed by atoms with E-state index in [0.29, 0.717) is 17.3 Å². The molecule has 1 aromatic rings. The van der Waals surface area contributed by atoms with Crippen LogP contribution in [0.5, 0.6) is 0 Å². The topological polar surface area (TPSA) is 84.2 Å². The van der Waals surface area contributed by atoms with Crippen molar-refractivity contribution in [1.82, 2.24) is 5.32 Å². The van der Waals surface area contributed by atoms with Crippen LogP contribution in [0.25, 0.3) is 0 Å². The molecule has 0 aromatic heterocycles. The Kier molecular flexibility index (Phi) is 5.65. The van der Waals surface area contributed by atoms with Gasteiger partial charge in [-0.3, -0.25) is 9.59 Å². The molecule has 3 rings (SSSR count). The molecule has 0 spiro atoms. The van der Waals surface area contributed by atoms with Crippen LogP contribution in [-0.4, -0.2) is 23.9 Å². The fourth-order valence-electron chi connectivity index (χ4n) is 2.88. The van der Waals surface area contributed by atoms with Crippen molar-refractivity contribution < 1.29 is 9.59 Å². The number of halogens is 1. The first-order valence-corrected chi connectivity index (χ1v) is 8.01. The van der Waals surface area contributed by atoms with Gasteiger partial charge >= 0.3 is 0 Å². The highest BCUT2D eigenvalue weighted by molar-refractivity contribution is 5.98. The first-order chi connectivity index (χ1) is 10.5. The fourth-order valence-corrected chi connectivity index (χ4v) is 2.88. The van der Waals surface area contributed by atoms with Crippen molar-refractivity contribution in [2.75, 3.05) is 5.32 Å². The number of nitrogens with two attached hydrogens (primary N) is 1. The minimum absolute atomic E-state index is 0. The van der Waals surface area contributed by atoms with Crippen LogP contribution in [0.4, 0.5) is 5.69 Å². The van der Waals surface area contributed by atoms with Crippen molar-refractivity contribution >= 4 is 29.9 Å². The molecule has 2 aliphatic carbocycles. The highest BCUT2D eigenvalue weighted by Crippen LogP contribution is 2.27. The average Bonchev–Trinajstić information content (AvgIpc) is 3.19. The maximum atomic E-state index is 12.3. The number of hydrogen-bond donors (Lipinski definition) is 3. The summed E-state index contributed by atoms with van der Waals surface area (Å²) in [4.78, 5) is 24.4. The molecule has 126 valence electrons. The summed E-state index contributed by atoms with van der Waals surface area (Å²) in [6.07, 6.45) is 4.60. The van der Waals surface area contributed by atoms with Gasteiger partial charge in [0.25, 0.3) is 5.91 Å². The second kappa shape index (κ2) is 7.32. The number of rotatable bonds is 4. The lowest BCUT2D eigenvalue weighted by Gasteiger charge is -2.14. The van der Waals surface area contributed by atoms with Gasteiger partial charge in [-0.05, 0) is 56.7 Å². The Morgan fingerprint density at radius 3 is 2.52 bits per heavy atom.